The van der Waals surface area contributed by atoms with E-state index in [-0.39, 0.29) is 5.91 Å². The van der Waals surface area contributed by atoms with Crippen LogP contribution in [0, 0.1) is 0 Å². The van der Waals surface area contributed by atoms with E-state index >= 15 is 0 Å². The van der Waals surface area contributed by atoms with Crippen LogP contribution in [0.3, 0.4) is 0 Å². The lowest BCUT2D eigenvalue weighted by Crippen LogP contribution is -2.12. The largest absolute Gasteiger partial charge is 0.334 e. The molecule has 120 valence electrons. The number of anilines is 1. The fourth-order valence-corrected chi connectivity index (χ4v) is 3.14. The second kappa shape index (κ2) is 6.32. The number of carbonyl (C=O) groups excluding carboxylic acids is 1. The molecule has 3 aromatic rings. The molecule has 0 spiro atoms. The van der Waals surface area contributed by atoms with Crippen LogP contribution in [-0.4, -0.2) is 15.5 Å². The van der Waals surface area contributed by atoms with Crippen molar-refractivity contribution in [3.8, 4) is 11.3 Å². The van der Waals surface area contributed by atoms with Gasteiger partial charge in [0, 0.05) is 30.3 Å². The maximum Gasteiger partial charge on any atom is 0.255 e. The molecule has 1 aliphatic rings. The standard InChI is InChI=1S/C20H19N3O/c24-20(15-8-2-1-3-9-15)22-17-11-5-4-10-16(17)18-14-23-13-7-6-12-19(23)21-18/h1-5,8-11,14H,6-7,12-13H2,(H,22,24). The van der Waals surface area contributed by atoms with E-state index in [0.29, 0.717) is 5.56 Å². The highest BCUT2D eigenvalue weighted by Gasteiger charge is 2.16. The Labute approximate surface area is 141 Å². The van der Waals surface area contributed by atoms with E-state index in [1.807, 2.05) is 54.6 Å². The van der Waals surface area contributed by atoms with Crippen LogP contribution in [0.4, 0.5) is 5.69 Å². The van der Waals surface area contributed by atoms with E-state index in [1.54, 1.807) is 0 Å². The fourth-order valence-electron chi connectivity index (χ4n) is 3.14. The van der Waals surface area contributed by atoms with Crippen LogP contribution in [0.1, 0.15) is 29.0 Å². The van der Waals surface area contributed by atoms with Crippen molar-refractivity contribution in [2.75, 3.05) is 5.32 Å². The van der Waals surface area contributed by atoms with Crippen molar-refractivity contribution in [2.24, 2.45) is 0 Å². The van der Waals surface area contributed by atoms with E-state index in [2.05, 4.69) is 16.1 Å². The number of aryl methyl sites for hydroxylation is 2. The summed E-state index contributed by atoms with van der Waals surface area (Å²) in [6.45, 7) is 1.03. The van der Waals surface area contributed by atoms with E-state index in [1.165, 1.54) is 12.8 Å². The lowest BCUT2D eigenvalue weighted by molar-refractivity contribution is 0.102. The Balaban J connectivity index is 1.66. The molecule has 4 nitrogen and oxygen atoms in total. The van der Waals surface area contributed by atoms with Crippen molar-refractivity contribution >= 4 is 11.6 Å². The number of carbonyl (C=O) groups is 1. The van der Waals surface area contributed by atoms with Gasteiger partial charge in [-0.05, 0) is 31.0 Å². The van der Waals surface area contributed by atoms with Crippen molar-refractivity contribution in [3.05, 3.63) is 72.2 Å². The number of hydrogen-bond donors (Lipinski definition) is 1. The summed E-state index contributed by atoms with van der Waals surface area (Å²) in [6.07, 6.45) is 5.53. The molecule has 0 atom stereocenters. The lowest BCUT2D eigenvalue weighted by atomic mass is 10.1. The minimum atomic E-state index is -0.105. The number of fused-ring (bicyclic) bond motifs is 1. The van der Waals surface area contributed by atoms with Gasteiger partial charge in [0.05, 0.1) is 11.4 Å². The van der Waals surface area contributed by atoms with Crippen LogP contribution >= 0.6 is 0 Å². The molecule has 1 aromatic heterocycles. The molecule has 2 heterocycles. The Morgan fingerprint density at radius 2 is 1.79 bits per heavy atom. The summed E-state index contributed by atoms with van der Waals surface area (Å²) in [5.74, 6) is 1.03. The van der Waals surface area contributed by atoms with Gasteiger partial charge in [-0.3, -0.25) is 4.79 Å². The number of aromatic nitrogens is 2. The van der Waals surface area contributed by atoms with Gasteiger partial charge in [-0.15, -0.1) is 0 Å². The second-order valence-electron chi connectivity index (χ2n) is 6.06. The summed E-state index contributed by atoms with van der Waals surface area (Å²) in [7, 11) is 0. The molecule has 0 unspecified atom stereocenters. The molecule has 0 fully saturated rings. The highest BCUT2D eigenvalue weighted by molar-refractivity contribution is 6.06. The van der Waals surface area contributed by atoms with Crippen molar-refractivity contribution < 1.29 is 4.79 Å². The van der Waals surface area contributed by atoms with Gasteiger partial charge in [-0.1, -0.05) is 36.4 Å². The Kier molecular flexibility index (Phi) is 3.87. The Hall–Kier alpha value is -2.88. The van der Waals surface area contributed by atoms with Gasteiger partial charge >= 0.3 is 0 Å². The summed E-state index contributed by atoms with van der Waals surface area (Å²) in [5, 5.41) is 3.02. The van der Waals surface area contributed by atoms with Gasteiger partial charge in [0.2, 0.25) is 0 Å². The quantitative estimate of drug-likeness (QED) is 0.789. The van der Waals surface area contributed by atoms with Crippen LogP contribution in [0.2, 0.25) is 0 Å². The molecular formula is C20H19N3O. The predicted molar refractivity (Wildman–Crippen MR) is 95.0 cm³/mol. The molecule has 1 aliphatic heterocycles. The first-order valence-electron chi connectivity index (χ1n) is 8.33. The Morgan fingerprint density at radius 3 is 2.62 bits per heavy atom. The van der Waals surface area contributed by atoms with E-state index < -0.39 is 0 Å². The van der Waals surface area contributed by atoms with Crippen molar-refractivity contribution in [1.82, 2.24) is 9.55 Å². The molecule has 24 heavy (non-hydrogen) atoms. The first-order valence-corrected chi connectivity index (χ1v) is 8.33. The number of benzene rings is 2. The zero-order valence-electron chi connectivity index (χ0n) is 13.4. The summed E-state index contributed by atoms with van der Waals surface area (Å²) in [4.78, 5) is 17.2. The smallest absolute Gasteiger partial charge is 0.255 e. The van der Waals surface area contributed by atoms with Gasteiger partial charge in [-0.25, -0.2) is 4.98 Å². The first kappa shape index (κ1) is 14.7. The van der Waals surface area contributed by atoms with Gasteiger partial charge in [0.25, 0.3) is 5.91 Å². The predicted octanol–water partition coefficient (Wildman–Crippen LogP) is 4.14. The SMILES string of the molecule is O=C(Nc1ccccc1-c1cn2c(n1)CCCC2)c1ccccc1. The minimum absolute atomic E-state index is 0.105. The van der Waals surface area contributed by atoms with Gasteiger partial charge in [-0.2, -0.15) is 0 Å². The van der Waals surface area contributed by atoms with Crippen molar-refractivity contribution in [1.29, 1.82) is 0 Å². The maximum absolute atomic E-state index is 12.5. The number of nitrogens with one attached hydrogen (secondary N) is 1. The molecule has 2 aromatic carbocycles. The molecule has 1 amide bonds. The summed E-state index contributed by atoms with van der Waals surface area (Å²) >= 11 is 0. The van der Waals surface area contributed by atoms with E-state index in [0.717, 1.165) is 35.7 Å². The molecule has 0 saturated heterocycles. The lowest BCUT2D eigenvalue weighted by Gasteiger charge is -2.11. The number of imidazole rings is 1. The highest BCUT2D eigenvalue weighted by atomic mass is 16.1. The third kappa shape index (κ3) is 2.83. The highest BCUT2D eigenvalue weighted by Crippen LogP contribution is 2.29. The number of para-hydroxylation sites is 1. The van der Waals surface area contributed by atoms with Gasteiger partial charge < -0.3 is 9.88 Å². The van der Waals surface area contributed by atoms with Crippen molar-refractivity contribution in [2.45, 2.75) is 25.8 Å². The molecule has 1 N–H and O–H groups in total. The van der Waals surface area contributed by atoms with Crippen LogP contribution in [-0.2, 0) is 13.0 Å². The Bertz CT molecular complexity index is 844. The van der Waals surface area contributed by atoms with E-state index in [9.17, 15) is 4.79 Å². The number of amides is 1. The zero-order chi connectivity index (χ0) is 16.4. The van der Waals surface area contributed by atoms with Crippen LogP contribution in [0.5, 0.6) is 0 Å². The zero-order valence-corrected chi connectivity index (χ0v) is 13.4. The first-order chi connectivity index (χ1) is 11.8. The van der Waals surface area contributed by atoms with Gasteiger partial charge in [0.1, 0.15) is 5.82 Å². The number of hydrogen-bond acceptors (Lipinski definition) is 2. The average Bonchev–Trinajstić information content (AvgIpc) is 3.07. The average molecular weight is 317 g/mol. The van der Waals surface area contributed by atoms with Crippen LogP contribution in [0.15, 0.2) is 60.8 Å². The summed E-state index contributed by atoms with van der Waals surface area (Å²) in [6, 6.07) is 17.1. The molecule has 4 heteroatoms. The molecular weight excluding hydrogens is 298 g/mol. The maximum atomic E-state index is 12.5. The Morgan fingerprint density at radius 1 is 1.00 bits per heavy atom. The molecule has 0 radical (unpaired) electrons. The number of rotatable bonds is 3. The molecule has 4 rings (SSSR count). The van der Waals surface area contributed by atoms with E-state index in [4.69, 9.17) is 4.98 Å². The van der Waals surface area contributed by atoms with Crippen molar-refractivity contribution in [3.63, 3.8) is 0 Å². The minimum Gasteiger partial charge on any atom is -0.334 e. The van der Waals surface area contributed by atoms with Crippen LogP contribution < -0.4 is 5.32 Å². The molecule has 0 bridgehead atoms. The summed E-state index contributed by atoms with van der Waals surface area (Å²) < 4.78 is 2.23. The third-order valence-electron chi connectivity index (χ3n) is 4.40. The normalized spacial score (nSPS) is 13.3. The monoisotopic (exact) mass is 317 g/mol. The molecule has 0 aliphatic carbocycles. The topological polar surface area (TPSA) is 46.9 Å². The molecule has 0 saturated carbocycles. The summed E-state index contributed by atoms with van der Waals surface area (Å²) in [5.41, 5.74) is 3.33. The third-order valence-corrected chi connectivity index (χ3v) is 4.40. The fraction of sp³-hybridized carbons (Fsp3) is 0.200. The second-order valence-corrected chi connectivity index (χ2v) is 6.06. The van der Waals surface area contributed by atoms with Gasteiger partial charge in [0.15, 0.2) is 0 Å². The number of nitrogens with zero attached hydrogens (tertiary/aromatic N) is 2. The van der Waals surface area contributed by atoms with Crippen LogP contribution in [0.25, 0.3) is 11.3 Å².